The summed E-state index contributed by atoms with van der Waals surface area (Å²) in [5.41, 5.74) is 11.7. The zero-order valence-electron chi connectivity index (χ0n) is 17.8. The molecule has 0 saturated carbocycles. The fourth-order valence-electron chi connectivity index (χ4n) is 4.53. The number of nitrogens with zero attached hydrogens (tertiary/aromatic N) is 1. The van der Waals surface area contributed by atoms with E-state index < -0.39 is 0 Å². The average Bonchev–Trinajstić information content (AvgIpc) is 3.18. The molecule has 0 atom stereocenters. The molecule has 0 unspecified atom stereocenters. The second-order valence-electron chi connectivity index (χ2n) is 8.03. The molecule has 0 aliphatic heterocycles. The van der Waals surface area contributed by atoms with Crippen LogP contribution in [-0.4, -0.2) is 18.6 Å². The van der Waals surface area contributed by atoms with Gasteiger partial charge < -0.3 is 15.5 Å². The van der Waals surface area contributed by atoms with Crippen molar-refractivity contribution in [1.82, 2.24) is 4.98 Å². The summed E-state index contributed by atoms with van der Waals surface area (Å²) in [6.07, 6.45) is 1.87. The van der Waals surface area contributed by atoms with Crippen LogP contribution in [0, 0.1) is 11.3 Å². The van der Waals surface area contributed by atoms with Gasteiger partial charge in [-0.15, -0.1) is 0 Å². The van der Waals surface area contributed by atoms with Crippen molar-refractivity contribution >= 4 is 10.9 Å². The molecule has 0 saturated heterocycles. The number of hydrogen-bond donors (Lipinski definition) is 2. The van der Waals surface area contributed by atoms with Gasteiger partial charge in [-0.2, -0.15) is 5.26 Å². The van der Waals surface area contributed by atoms with Crippen molar-refractivity contribution in [3.05, 3.63) is 101 Å². The zero-order valence-corrected chi connectivity index (χ0v) is 17.8. The van der Waals surface area contributed by atoms with E-state index in [-0.39, 0.29) is 5.41 Å². The fraction of sp³-hybridized carbons (Fsp3) is 0.222. The fourth-order valence-corrected chi connectivity index (χ4v) is 4.53. The van der Waals surface area contributed by atoms with Crippen molar-refractivity contribution in [3.8, 4) is 11.8 Å². The number of hydrogen-bond acceptors (Lipinski definition) is 3. The Bertz CT molecular complexity index is 1150. The Kier molecular flexibility index (Phi) is 6.06. The molecule has 4 heteroatoms. The smallest absolute Gasteiger partial charge is 0.119 e. The number of fused-ring (bicyclic) bond motifs is 1. The first-order valence-corrected chi connectivity index (χ1v) is 10.5. The Balaban J connectivity index is 1.92. The lowest BCUT2D eigenvalue weighted by Crippen LogP contribution is -2.41. The number of ether oxygens (including phenoxy) is 1. The SMILES string of the molecule is COc1ccc2[nH]c(C(CN)(Cc3ccccc3)Cc3ccccc3)c(CC#N)c2c1. The van der Waals surface area contributed by atoms with Crippen LogP contribution in [0.1, 0.15) is 22.4 Å². The number of nitriles is 1. The van der Waals surface area contributed by atoms with Crippen molar-refractivity contribution in [1.29, 1.82) is 5.26 Å². The van der Waals surface area contributed by atoms with Crippen LogP contribution in [0.4, 0.5) is 0 Å². The van der Waals surface area contributed by atoms with Crippen molar-refractivity contribution in [2.45, 2.75) is 24.7 Å². The molecule has 0 amide bonds. The second kappa shape index (κ2) is 9.07. The highest BCUT2D eigenvalue weighted by Crippen LogP contribution is 2.38. The number of aromatic nitrogens is 1. The molecule has 31 heavy (non-hydrogen) atoms. The number of benzene rings is 3. The van der Waals surface area contributed by atoms with E-state index in [4.69, 9.17) is 10.5 Å². The Hall–Kier alpha value is -3.55. The molecule has 0 fully saturated rings. The van der Waals surface area contributed by atoms with Crippen molar-refractivity contribution < 1.29 is 4.74 Å². The number of rotatable bonds is 8. The molecule has 3 aromatic carbocycles. The summed E-state index contributed by atoms with van der Waals surface area (Å²) in [7, 11) is 1.66. The molecular weight excluding hydrogens is 382 g/mol. The number of methoxy groups -OCH3 is 1. The largest absolute Gasteiger partial charge is 0.497 e. The molecule has 0 aliphatic rings. The Morgan fingerprint density at radius 2 is 1.55 bits per heavy atom. The zero-order chi connectivity index (χ0) is 21.7. The maximum Gasteiger partial charge on any atom is 0.119 e. The molecule has 156 valence electrons. The topological polar surface area (TPSA) is 74.8 Å². The summed E-state index contributed by atoms with van der Waals surface area (Å²) in [5, 5.41) is 10.7. The summed E-state index contributed by atoms with van der Waals surface area (Å²) >= 11 is 0. The maximum absolute atomic E-state index is 9.64. The highest BCUT2D eigenvalue weighted by atomic mass is 16.5. The van der Waals surface area contributed by atoms with E-state index in [9.17, 15) is 5.26 Å². The standard InChI is InChI=1S/C27H27N3O/c1-31-22-12-13-25-24(16-22)23(14-15-28)26(30-25)27(19-29,17-20-8-4-2-5-9-20)18-21-10-6-3-7-11-21/h2-13,16,30H,14,17-19,29H2,1H3. The summed E-state index contributed by atoms with van der Waals surface area (Å²) in [6.45, 7) is 0.458. The van der Waals surface area contributed by atoms with Gasteiger partial charge in [-0.25, -0.2) is 0 Å². The molecular formula is C27H27N3O. The lowest BCUT2D eigenvalue weighted by molar-refractivity contribution is 0.415. The summed E-state index contributed by atoms with van der Waals surface area (Å²) < 4.78 is 5.45. The van der Waals surface area contributed by atoms with Gasteiger partial charge in [-0.3, -0.25) is 0 Å². The van der Waals surface area contributed by atoms with Gasteiger partial charge in [0.2, 0.25) is 0 Å². The molecule has 0 spiro atoms. The third-order valence-corrected chi connectivity index (χ3v) is 6.06. The number of aromatic amines is 1. The molecule has 1 heterocycles. The molecule has 0 bridgehead atoms. The number of H-pyrrole nitrogens is 1. The molecule has 4 rings (SSSR count). The van der Waals surface area contributed by atoms with Gasteiger partial charge in [0.05, 0.1) is 19.6 Å². The van der Waals surface area contributed by atoms with E-state index in [1.165, 1.54) is 11.1 Å². The summed E-state index contributed by atoms with van der Waals surface area (Å²) in [6, 6.07) is 29.2. The monoisotopic (exact) mass is 409 g/mol. The first-order chi connectivity index (χ1) is 15.2. The minimum absolute atomic E-state index is 0.313. The maximum atomic E-state index is 9.64. The van der Waals surface area contributed by atoms with E-state index in [1.54, 1.807) is 7.11 Å². The van der Waals surface area contributed by atoms with Crippen LogP contribution in [0.25, 0.3) is 10.9 Å². The van der Waals surface area contributed by atoms with Gasteiger partial charge in [-0.05, 0) is 47.7 Å². The first-order valence-electron chi connectivity index (χ1n) is 10.5. The van der Waals surface area contributed by atoms with E-state index in [0.29, 0.717) is 13.0 Å². The van der Waals surface area contributed by atoms with E-state index in [1.807, 2.05) is 30.3 Å². The summed E-state index contributed by atoms with van der Waals surface area (Å²) in [4.78, 5) is 3.65. The molecule has 3 N–H and O–H groups in total. The highest BCUT2D eigenvalue weighted by Gasteiger charge is 2.36. The third-order valence-electron chi connectivity index (χ3n) is 6.06. The lowest BCUT2D eigenvalue weighted by Gasteiger charge is -2.33. The van der Waals surface area contributed by atoms with Crippen LogP contribution >= 0.6 is 0 Å². The molecule has 1 aromatic heterocycles. The van der Waals surface area contributed by atoms with Crippen LogP contribution in [0.5, 0.6) is 5.75 Å². The minimum atomic E-state index is -0.374. The Labute approximate surface area is 183 Å². The van der Waals surface area contributed by atoms with Crippen molar-refractivity contribution in [3.63, 3.8) is 0 Å². The van der Waals surface area contributed by atoms with E-state index in [2.05, 4.69) is 59.6 Å². The molecule has 0 aliphatic carbocycles. The number of nitrogens with one attached hydrogen (secondary N) is 1. The van der Waals surface area contributed by atoms with Gasteiger partial charge in [0, 0.05) is 28.6 Å². The first kappa shape index (κ1) is 20.7. The highest BCUT2D eigenvalue weighted by molar-refractivity contribution is 5.87. The number of nitrogens with two attached hydrogens (primary N) is 1. The predicted octanol–water partition coefficient (Wildman–Crippen LogP) is 4.92. The van der Waals surface area contributed by atoms with Crippen molar-refractivity contribution in [2.75, 3.05) is 13.7 Å². The molecule has 4 nitrogen and oxygen atoms in total. The normalized spacial score (nSPS) is 11.4. The molecule has 4 aromatic rings. The van der Waals surface area contributed by atoms with E-state index in [0.717, 1.165) is 40.8 Å². The third kappa shape index (κ3) is 4.19. The van der Waals surface area contributed by atoms with Crippen LogP contribution in [0.3, 0.4) is 0 Å². The predicted molar refractivity (Wildman–Crippen MR) is 125 cm³/mol. The second-order valence-corrected chi connectivity index (χ2v) is 8.03. The minimum Gasteiger partial charge on any atom is -0.497 e. The van der Waals surface area contributed by atoms with Gasteiger partial charge in [-0.1, -0.05) is 60.7 Å². The van der Waals surface area contributed by atoms with Gasteiger partial charge in [0.1, 0.15) is 5.75 Å². The average molecular weight is 410 g/mol. The molecule has 0 radical (unpaired) electrons. The van der Waals surface area contributed by atoms with Crippen LogP contribution in [0.2, 0.25) is 0 Å². The van der Waals surface area contributed by atoms with Crippen LogP contribution < -0.4 is 10.5 Å². The van der Waals surface area contributed by atoms with Gasteiger partial charge >= 0.3 is 0 Å². The van der Waals surface area contributed by atoms with Crippen molar-refractivity contribution in [2.24, 2.45) is 5.73 Å². The summed E-state index contributed by atoms with van der Waals surface area (Å²) in [5.74, 6) is 0.779. The quantitative estimate of drug-likeness (QED) is 0.433. The van der Waals surface area contributed by atoms with Gasteiger partial charge in [0.25, 0.3) is 0 Å². The van der Waals surface area contributed by atoms with Crippen LogP contribution in [-0.2, 0) is 24.7 Å². The van der Waals surface area contributed by atoms with E-state index >= 15 is 0 Å². The van der Waals surface area contributed by atoms with Crippen LogP contribution in [0.15, 0.2) is 78.9 Å². The Morgan fingerprint density at radius 3 is 2.06 bits per heavy atom. The van der Waals surface area contributed by atoms with Gasteiger partial charge in [0.15, 0.2) is 0 Å². The lowest BCUT2D eigenvalue weighted by atomic mass is 9.72. The Morgan fingerprint density at radius 1 is 0.935 bits per heavy atom.